The molecule has 5 atom stereocenters. The number of hydrogen-bond donors (Lipinski definition) is 4. The van der Waals surface area contributed by atoms with Gasteiger partial charge < -0.3 is 29.6 Å². The zero-order chi connectivity index (χ0) is 28.1. The van der Waals surface area contributed by atoms with Gasteiger partial charge in [-0.1, -0.05) is 0 Å². The molecule has 0 bridgehead atoms. The van der Waals surface area contributed by atoms with E-state index < -0.39 is 49.5 Å². The lowest BCUT2D eigenvalue weighted by Crippen LogP contribution is -2.43. The number of fused-ring (bicyclic) bond motifs is 1. The number of nitrogens with one attached hydrogen (secondary N) is 2. The molecule has 0 amide bonds. The topological polar surface area (TPSA) is 212 Å². The highest BCUT2D eigenvalue weighted by Crippen LogP contribution is 2.44. The van der Waals surface area contributed by atoms with Crippen LogP contribution in [0.15, 0.2) is 18.5 Å². The highest BCUT2D eigenvalue weighted by molar-refractivity contribution is 7.54. The van der Waals surface area contributed by atoms with E-state index in [1.807, 2.05) is 6.07 Å². The predicted octanol–water partition coefficient (Wildman–Crippen LogP) is 0.387. The van der Waals surface area contributed by atoms with E-state index in [-0.39, 0.29) is 37.8 Å². The van der Waals surface area contributed by atoms with Gasteiger partial charge in [-0.3, -0.25) is 14.2 Å². The third-order valence-electron chi connectivity index (χ3n) is 5.79. The van der Waals surface area contributed by atoms with Crippen molar-refractivity contribution in [1.29, 1.82) is 5.26 Å². The van der Waals surface area contributed by atoms with Crippen LogP contribution in [-0.4, -0.2) is 75.8 Å². The first-order valence-electron chi connectivity index (χ1n) is 12.0. The Hall–Kier alpha value is -3.12. The zero-order valence-corrected chi connectivity index (χ0v) is 22.4. The SMILES string of the molecule is CCOC(=O)[C@H](C)NP(=O)(N[C@@H](C)C(=O)OCC)OC[C@@H]1C[C@@H](O)[C@](C#N)(c2ccc3c(N)ncnn23)O1. The lowest BCUT2D eigenvalue weighted by atomic mass is 9.94. The molecule has 0 spiro atoms. The summed E-state index contributed by atoms with van der Waals surface area (Å²) in [5.74, 6) is -1.19. The fraction of sp³-hybridized carbons (Fsp3) is 0.591. The number of carbonyl (C=O) groups is 2. The second-order valence-corrected chi connectivity index (χ2v) is 10.4. The van der Waals surface area contributed by atoms with Crippen LogP contribution in [0.2, 0.25) is 0 Å². The van der Waals surface area contributed by atoms with Gasteiger partial charge in [0.25, 0.3) is 0 Å². The first-order chi connectivity index (χ1) is 18.0. The highest BCUT2D eigenvalue weighted by Gasteiger charge is 2.52. The number of hydrogen-bond acceptors (Lipinski definition) is 12. The van der Waals surface area contributed by atoms with Crippen LogP contribution in [0.5, 0.6) is 0 Å². The molecule has 1 aliphatic rings. The van der Waals surface area contributed by atoms with Gasteiger partial charge in [0.1, 0.15) is 36.1 Å². The normalized spacial score (nSPS) is 23.1. The number of esters is 2. The second kappa shape index (κ2) is 12.2. The standard InChI is InChI=1S/C22H32N7O8P/c1-5-34-20(31)13(3)27-38(33,28-14(4)21(32)35-6-2)36-10-15-9-18(30)22(11-23,37-15)17-8-7-16-19(24)25-12-26-29(16)17/h7-8,12-15,18,30H,5-6,9-10H2,1-4H3,(H2,24,25,26)(H2,27,28,33)/t13-,14-,15-,18+,22-/m0/s1. The van der Waals surface area contributed by atoms with Crippen LogP contribution >= 0.6 is 7.67 Å². The Morgan fingerprint density at radius 2 is 1.89 bits per heavy atom. The molecule has 208 valence electrons. The van der Waals surface area contributed by atoms with Gasteiger partial charge in [0.05, 0.1) is 31.6 Å². The monoisotopic (exact) mass is 553 g/mol. The molecule has 2 aromatic rings. The van der Waals surface area contributed by atoms with Gasteiger partial charge in [0.15, 0.2) is 5.82 Å². The van der Waals surface area contributed by atoms with Crippen molar-refractivity contribution in [2.75, 3.05) is 25.6 Å². The molecule has 1 saturated heterocycles. The maximum absolute atomic E-state index is 13.7. The number of ether oxygens (including phenoxy) is 3. The summed E-state index contributed by atoms with van der Waals surface area (Å²) in [6.07, 6.45) is -1.04. The molecular formula is C22H32N7O8P. The number of rotatable bonds is 12. The van der Waals surface area contributed by atoms with Crippen LogP contribution in [0.25, 0.3) is 5.52 Å². The van der Waals surface area contributed by atoms with Crippen LogP contribution in [0.4, 0.5) is 5.82 Å². The summed E-state index contributed by atoms with van der Waals surface area (Å²) in [6.45, 7) is 5.94. The average molecular weight is 554 g/mol. The van der Waals surface area contributed by atoms with Crippen LogP contribution in [-0.2, 0) is 38.5 Å². The van der Waals surface area contributed by atoms with Crippen molar-refractivity contribution in [3.8, 4) is 6.07 Å². The minimum atomic E-state index is -4.10. The highest BCUT2D eigenvalue weighted by atomic mass is 31.2. The summed E-state index contributed by atoms with van der Waals surface area (Å²) >= 11 is 0. The molecule has 1 fully saturated rings. The van der Waals surface area contributed by atoms with E-state index in [4.69, 9.17) is 24.5 Å². The fourth-order valence-corrected chi connectivity index (χ4v) is 5.81. The van der Waals surface area contributed by atoms with Crippen LogP contribution < -0.4 is 15.9 Å². The zero-order valence-electron chi connectivity index (χ0n) is 21.5. The number of aliphatic hydroxyl groups excluding tert-OH is 1. The summed E-state index contributed by atoms with van der Waals surface area (Å²) in [4.78, 5) is 28.2. The van der Waals surface area contributed by atoms with Gasteiger partial charge in [-0.25, -0.2) is 19.7 Å². The van der Waals surface area contributed by atoms with E-state index >= 15 is 0 Å². The first kappa shape index (κ1) is 29.4. The van der Waals surface area contributed by atoms with Crippen molar-refractivity contribution in [3.63, 3.8) is 0 Å². The van der Waals surface area contributed by atoms with Gasteiger partial charge in [0, 0.05) is 6.42 Å². The maximum Gasteiger partial charge on any atom is 0.342 e. The molecule has 3 heterocycles. The summed E-state index contributed by atoms with van der Waals surface area (Å²) in [7, 11) is -4.10. The van der Waals surface area contributed by atoms with Gasteiger partial charge in [-0.05, 0) is 39.8 Å². The molecule has 16 heteroatoms. The van der Waals surface area contributed by atoms with Crippen molar-refractivity contribution < 1.29 is 38.0 Å². The molecule has 1 aliphatic heterocycles. The lowest BCUT2D eigenvalue weighted by Gasteiger charge is -2.27. The van der Waals surface area contributed by atoms with Crippen LogP contribution in [0.1, 0.15) is 39.8 Å². The van der Waals surface area contributed by atoms with Crippen LogP contribution in [0.3, 0.4) is 0 Å². The van der Waals surface area contributed by atoms with Crippen molar-refractivity contribution in [2.45, 2.75) is 64.0 Å². The number of anilines is 1. The molecule has 0 aliphatic carbocycles. The minimum absolute atomic E-state index is 0.0534. The van der Waals surface area contributed by atoms with E-state index in [1.165, 1.54) is 24.7 Å². The van der Waals surface area contributed by atoms with Crippen molar-refractivity contribution in [1.82, 2.24) is 24.8 Å². The molecule has 38 heavy (non-hydrogen) atoms. The summed E-state index contributed by atoms with van der Waals surface area (Å²) in [5.41, 5.74) is 4.70. The van der Waals surface area contributed by atoms with E-state index in [9.17, 15) is 24.5 Å². The van der Waals surface area contributed by atoms with Gasteiger partial charge in [0.2, 0.25) is 5.60 Å². The molecule has 2 aromatic heterocycles. The number of nitriles is 1. The van der Waals surface area contributed by atoms with Crippen molar-refractivity contribution in [2.24, 2.45) is 0 Å². The lowest BCUT2D eigenvalue weighted by molar-refractivity contribution is -0.145. The van der Waals surface area contributed by atoms with Crippen molar-refractivity contribution >= 4 is 30.9 Å². The number of aliphatic hydroxyl groups is 1. The quantitative estimate of drug-likeness (QED) is 0.207. The average Bonchev–Trinajstić information content (AvgIpc) is 3.45. The van der Waals surface area contributed by atoms with Crippen molar-refractivity contribution in [3.05, 3.63) is 24.2 Å². The molecule has 0 radical (unpaired) electrons. The first-order valence-corrected chi connectivity index (χ1v) is 13.6. The van der Waals surface area contributed by atoms with Gasteiger partial charge >= 0.3 is 19.6 Å². The van der Waals surface area contributed by atoms with Crippen LogP contribution in [0, 0.1) is 11.3 Å². The number of nitrogen functional groups attached to an aromatic ring is 1. The third-order valence-corrected chi connectivity index (χ3v) is 7.75. The molecular weight excluding hydrogens is 521 g/mol. The second-order valence-electron chi connectivity index (χ2n) is 8.55. The Morgan fingerprint density at radius 3 is 2.45 bits per heavy atom. The Kier molecular flexibility index (Phi) is 9.42. The predicted molar refractivity (Wildman–Crippen MR) is 132 cm³/mol. The van der Waals surface area contributed by atoms with E-state index in [0.29, 0.717) is 5.52 Å². The molecule has 0 saturated carbocycles. The van der Waals surface area contributed by atoms with Gasteiger partial charge in [-0.2, -0.15) is 10.4 Å². The van der Waals surface area contributed by atoms with E-state index in [2.05, 4.69) is 20.3 Å². The number of carbonyl (C=O) groups excluding carboxylic acids is 2. The van der Waals surface area contributed by atoms with E-state index in [1.54, 1.807) is 26.0 Å². The molecule has 0 unspecified atom stereocenters. The third kappa shape index (κ3) is 6.12. The maximum atomic E-state index is 13.7. The van der Waals surface area contributed by atoms with Gasteiger partial charge in [-0.15, -0.1) is 0 Å². The molecule has 3 rings (SSSR count). The number of nitrogens with zero attached hydrogens (tertiary/aromatic N) is 4. The fourth-order valence-electron chi connectivity index (χ4n) is 3.98. The summed E-state index contributed by atoms with van der Waals surface area (Å²) < 4.78 is 36.5. The Balaban J connectivity index is 1.80. The largest absolute Gasteiger partial charge is 0.465 e. The Bertz CT molecular complexity index is 1220. The number of nitrogens with two attached hydrogens (primary N) is 1. The Labute approximate surface area is 219 Å². The molecule has 0 aromatic carbocycles. The minimum Gasteiger partial charge on any atom is -0.465 e. The smallest absolute Gasteiger partial charge is 0.342 e. The number of aromatic nitrogens is 3. The molecule has 15 nitrogen and oxygen atoms in total. The Morgan fingerprint density at radius 1 is 1.29 bits per heavy atom. The summed E-state index contributed by atoms with van der Waals surface area (Å²) in [5, 5.41) is 30.2. The summed E-state index contributed by atoms with van der Waals surface area (Å²) in [6, 6.07) is 3.04. The molecule has 5 N–H and O–H groups in total. The van der Waals surface area contributed by atoms with E-state index in [0.717, 1.165) is 0 Å².